The highest BCUT2D eigenvalue weighted by Crippen LogP contribution is 2.46. The minimum Gasteiger partial charge on any atom is -0.507 e. The quantitative estimate of drug-likeness (QED) is 0.157. The molecule has 0 bridgehead atoms. The third-order valence-electron chi connectivity index (χ3n) is 6.54. The van der Waals surface area contributed by atoms with Gasteiger partial charge in [-0.2, -0.15) is 0 Å². The number of ether oxygens (including phenoxy) is 4. The van der Waals surface area contributed by atoms with Crippen LogP contribution in [-0.4, -0.2) is 49.7 Å². The number of fused-ring (bicyclic) bond motifs is 1. The van der Waals surface area contributed by atoms with Crippen molar-refractivity contribution in [1.82, 2.24) is 4.98 Å². The summed E-state index contributed by atoms with van der Waals surface area (Å²) >= 11 is 1.25. The molecule has 4 aromatic rings. The number of anilines is 1. The van der Waals surface area contributed by atoms with E-state index >= 15 is 0 Å². The van der Waals surface area contributed by atoms with Gasteiger partial charge in [0.05, 0.1) is 49.8 Å². The normalized spacial score (nSPS) is 16.4. The van der Waals surface area contributed by atoms with Crippen molar-refractivity contribution in [1.29, 1.82) is 0 Å². The number of nitrogens with zero attached hydrogens (tertiary/aromatic N) is 2. The van der Waals surface area contributed by atoms with Crippen LogP contribution in [0.2, 0.25) is 0 Å². The zero-order valence-corrected chi connectivity index (χ0v) is 23.3. The average Bonchev–Trinajstić information content (AvgIpc) is 3.52. The standard InChI is InChI=1S/C30H28N2O7S/c1-5-13-39-20-8-6-7-18(14-20)27(33)25-26(17-9-12-22(37-3)23(15-17)38-4)32(29(35)28(25)34)30-31-21-11-10-19(36-2)16-24(21)40-30/h6-12,14-16,26,33H,5,13H2,1-4H3. The number of aromatic nitrogens is 1. The number of benzene rings is 3. The zero-order valence-electron chi connectivity index (χ0n) is 22.5. The zero-order chi connectivity index (χ0) is 28.4. The molecule has 1 saturated heterocycles. The maximum absolute atomic E-state index is 13.6. The van der Waals surface area contributed by atoms with E-state index in [9.17, 15) is 14.7 Å². The summed E-state index contributed by atoms with van der Waals surface area (Å²) in [5.41, 5.74) is 1.47. The lowest BCUT2D eigenvalue weighted by Crippen LogP contribution is -2.29. The molecular weight excluding hydrogens is 532 g/mol. The summed E-state index contributed by atoms with van der Waals surface area (Å²) < 4.78 is 22.7. The maximum Gasteiger partial charge on any atom is 0.301 e. The summed E-state index contributed by atoms with van der Waals surface area (Å²) in [6.45, 7) is 2.50. The topological polar surface area (TPSA) is 107 Å². The molecule has 10 heteroatoms. The van der Waals surface area contributed by atoms with Gasteiger partial charge in [0.15, 0.2) is 16.6 Å². The van der Waals surface area contributed by atoms with Crippen molar-refractivity contribution in [2.75, 3.05) is 32.8 Å². The Hall–Kier alpha value is -4.57. The van der Waals surface area contributed by atoms with Crippen LogP contribution < -0.4 is 23.8 Å². The molecule has 1 unspecified atom stereocenters. The fourth-order valence-electron chi connectivity index (χ4n) is 4.60. The lowest BCUT2D eigenvalue weighted by atomic mass is 9.95. The Balaban J connectivity index is 1.70. The highest BCUT2D eigenvalue weighted by atomic mass is 32.1. The van der Waals surface area contributed by atoms with Gasteiger partial charge in [-0.1, -0.05) is 36.5 Å². The van der Waals surface area contributed by atoms with Gasteiger partial charge in [-0.05, 0) is 54.4 Å². The molecule has 1 aliphatic heterocycles. The SMILES string of the molecule is CCCOc1cccc(C(O)=C2C(=O)C(=O)N(c3nc4ccc(OC)cc4s3)C2c2ccc(OC)c(OC)c2)c1. The number of thiazole rings is 1. The van der Waals surface area contributed by atoms with Crippen LogP contribution in [-0.2, 0) is 9.59 Å². The second-order valence-corrected chi connectivity index (χ2v) is 10.00. The minimum absolute atomic E-state index is 0.0679. The van der Waals surface area contributed by atoms with Crippen molar-refractivity contribution < 1.29 is 33.6 Å². The number of ketones is 1. The van der Waals surface area contributed by atoms with Gasteiger partial charge < -0.3 is 24.1 Å². The van der Waals surface area contributed by atoms with E-state index in [1.54, 1.807) is 61.7 Å². The number of Topliss-reactive ketones (excluding diaryl/α,β-unsaturated/α-hetero) is 1. The van der Waals surface area contributed by atoms with Gasteiger partial charge in [-0.15, -0.1) is 0 Å². The number of hydrogen-bond donors (Lipinski definition) is 1. The lowest BCUT2D eigenvalue weighted by molar-refractivity contribution is -0.132. The molecule has 206 valence electrons. The van der Waals surface area contributed by atoms with Gasteiger partial charge in [0, 0.05) is 5.56 Å². The molecule has 2 heterocycles. The van der Waals surface area contributed by atoms with Crippen LogP contribution in [0.1, 0.15) is 30.5 Å². The Morgan fingerprint density at radius 1 is 0.950 bits per heavy atom. The third-order valence-corrected chi connectivity index (χ3v) is 7.56. The second kappa shape index (κ2) is 11.3. The van der Waals surface area contributed by atoms with Gasteiger partial charge in [0.25, 0.3) is 5.78 Å². The Morgan fingerprint density at radius 3 is 2.48 bits per heavy atom. The number of rotatable bonds is 9. The van der Waals surface area contributed by atoms with E-state index in [4.69, 9.17) is 18.9 Å². The van der Waals surface area contributed by atoms with Crippen LogP contribution in [0.25, 0.3) is 16.0 Å². The largest absolute Gasteiger partial charge is 0.507 e. The van der Waals surface area contributed by atoms with Crippen molar-refractivity contribution in [3.05, 3.63) is 77.4 Å². The highest BCUT2D eigenvalue weighted by Gasteiger charge is 2.48. The first kappa shape index (κ1) is 27.0. The van der Waals surface area contributed by atoms with E-state index in [0.29, 0.717) is 51.4 Å². The summed E-state index contributed by atoms with van der Waals surface area (Å²) in [6.07, 6.45) is 0.814. The molecule has 0 aliphatic carbocycles. The summed E-state index contributed by atoms with van der Waals surface area (Å²) in [4.78, 5) is 33.2. The van der Waals surface area contributed by atoms with E-state index < -0.39 is 17.7 Å². The molecule has 40 heavy (non-hydrogen) atoms. The predicted molar refractivity (Wildman–Crippen MR) is 153 cm³/mol. The van der Waals surface area contributed by atoms with Crippen molar-refractivity contribution in [3.63, 3.8) is 0 Å². The third kappa shape index (κ3) is 4.82. The first-order valence-electron chi connectivity index (χ1n) is 12.6. The number of aliphatic hydroxyl groups excluding tert-OH is 1. The van der Waals surface area contributed by atoms with E-state index in [2.05, 4.69) is 4.98 Å². The lowest BCUT2D eigenvalue weighted by Gasteiger charge is -2.23. The molecule has 1 atom stereocenters. The molecule has 1 N–H and O–H groups in total. The van der Waals surface area contributed by atoms with Gasteiger partial charge in [0.1, 0.15) is 17.3 Å². The van der Waals surface area contributed by atoms with Crippen LogP contribution in [0, 0.1) is 0 Å². The Kier molecular flexibility index (Phi) is 7.61. The van der Waals surface area contributed by atoms with E-state index in [1.165, 1.54) is 30.5 Å². The molecule has 1 amide bonds. The number of carbonyl (C=O) groups is 2. The summed E-state index contributed by atoms with van der Waals surface area (Å²) in [7, 11) is 4.59. The predicted octanol–water partition coefficient (Wildman–Crippen LogP) is 5.74. The minimum atomic E-state index is -0.984. The number of carbonyl (C=O) groups excluding carboxylic acids is 2. The average molecular weight is 561 g/mol. The first-order valence-corrected chi connectivity index (χ1v) is 13.4. The van der Waals surface area contributed by atoms with Crippen molar-refractivity contribution >= 4 is 44.1 Å². The van der Waals surface area contributed by atoms with Crippen LogP contribution in [0.5, 0.6) is 23.0 Å². The highest BCUT2D eigenvalue weighted by molar-refractivity contribution is 7.22. The van der Waals surface area contributed by atoms with Gasteiger partial charge in [-0.25, -0.2) is 4.98 Å². The summed E-state index contributed by atoms with van der Waals surface area (Å²) in [6, 6.07) is 16.3. The van der Waals surface area contributed by atoms with Crippen molar-refractivity contribution in [3.8, 4) is 23.0 Å². The maximum atomic E-state index is 13.6. The van der Waals surface area contributed by atoms with Crippen LogP contribution in [0.3, 0.4) is 0 Å². The number of methoxy groups -OCH3 is 3. The Bertz CT molecular complexity index is 1630. The first-order chi connectivity index (χ1) is 19.4. The molecular formula is C30H28N2O7S. The van der Waals surface area contributed by atoms with Crippen molar-refractivity contribution in [2.24, 2.45) is 0 Å². The number of hydrogen-bond acceptors (Lipinski definition) is 9. The molecule has 5 rings (SSSR count). The molecule has 0 saturated carbocycles. The van der Waals surface area contributed by atoms with Crippen LogP contribution in [0.15, 0.2) is 66.2 Å². The summed E-state index contributed by atoms with van der Waals surface area (Å²) in [5, 5.41) is 11.8. The molecule has 0 radical (unpaired) electrons. The van der Waals surface area contributed by atoms with Crippen molar-refractivity contribution in [2.45, 2.75) is 19.4 Å². The Morgan fingerprint density at radius 2 is 1.75 bits per heavy atom. The van der Waals surface area contributed by atoms with E-state index in [0.717, 1.165) is 11.1 Å². The molecule has 3 aromatic carbocycles. The van der Waals surface area contributed by atoms with Gasteiger partial charge >= 0.3 is 5.91 Å². The van der Waals surface area contributed by atoms with E-state index in [1.807, 2.05) is 13.0 Å². The number of amides is 1. The van der Waals surface area contributed by atoms with Crippen LogP contribution >= 0.6 is 11.3 Å². The molecule has 9 nitrogen and oxygen atoms in total. The van der Waals surface area contributed by atoms with Gasteiger partial charge in [0.2, 0.25) is 0 Å². The fraction of sp³-hybridized carbons (Fsp3) is 0.233. The van der Waals surface area contributed by atoms with Crippen LogP contribution in [0.4, 0.5) is 5.13 Å². The number of aliphatic hydroxyl groups is 1. The molecule has 0 spiro atoms. The molecule has 1 fully saturated rings. The van der Waals surface area contributed by atoms with Gasteiger partial charge in [-0.3, -0.25) is 14.5 Å². The molecule has 1 aromatic heterocycles. The fourth-order valence-corrected chi connectivity index (χ4v) is 5.62. The smallest absolute Gasteiger partial charge is 0.301 e. The van der Waals surface area contributed by atoms with E-state index in [-0.39, 0.29) is 11.3 Å². The monoisotopic (exact) mass is 560 g/mol. The Labute approximate surface area is 235 Å². The molecule has 1 aliphatic rings. The second-order valence-electron chi connectivity index (χ2n) is 8.99. The summed E-state index contributed by atoms with van der Waals surface area (Å²) in [5.74, 6) is 0.144.